The summed E-state index contributed by atoms with van der Waals surface area (Å²) >= 11 is 0. The summed E-state index contributed by atoms with van der Waals surface area (Å²) in [5.74, 6) is -0.0687. The molecule has 0 radical (unpaired) electrons. The van der Waals surface area contributed by atoms with E-state index in [4.69, 9.17) is 5.73 Å². The molecule has 0 bridgehead atoms. The van der Waals surface area contributed by atoms with Crippen LogP contribution in [0.4, 0.5) is 5.69 Å². The minimum absolute atomic E-state index is 0.0687. The van der Waals surface area contributed by atoms with Crippen LogP contribution < -0.4 is 11.1 Å². The van der Waals surface area contributed by atoms with E-state index in [-0.39, 0.29) is 12.3 Å². The summed E-state index contributed by atoms with van der Waals surface area (Å²) in [5, 5.41) is 2.87. The molecule has 0 saturated heterocycles. The maximum Gasteiger partial charge on any atom is 0.224 e. The Morgan fingerprint density at radius 3 is 2.72 bits per heavy atom. The van der Waals surface area contributed by atoms with Gasteiger partial charge in [-0.2, -0.15) is 0 Å². The Kier molecular flexibility index (Phi) is 8.80. The Bertz CT molecular complexity index is 708. The van der Waals surface area contributed by atoms with Crippen LogP contribution in [-0.4, -0.2) is 5.91 Å². The fourth-order valence-corrected chi connectivity index (χ4v) is 2.04. The predicted molar refractivity (Wildman–Crippen MR) is 108 cm³/mol. The zero-order valence-corrected chi connectivity index (χ0v) is 15.2. The molecule has 0 unspecified atom stereocenters. The van der Waals surface area contributed by atoms with Gasteiger partial charge in [0.1, 0.15) is 0 Å². The van der Waals surface area contributed by atoms with E-state index in [1.165, 1.54) is 0 Å². The quantitative estimate of drug-likeness (QED) is 0.500. The number of nitrogens with two attached hydrogens (primary N) is 1. The molecule has 0 saturated carbocycles. The minimum Gasteiger partial charge on any atom is -0.399 e. The van der Waals surface area contributed by atoms with Crippen molar-refractivity contribution in [3.63, 3.8) is 0 Å². The third-order valence-corrected chi connectivity index (χ3v) is 3.57. The van der Waals surface area contributed by atoms with Gasteiger partial charge in [-0.25, -0.2) is 0 Å². The molecule has 0 heterocycles. The molecule has 0 aliphatic carbocycles. The van der Waals surface area contributed by atoms with Crippen molar-refractivity contribution in [1.29, 1.82) is 0 Å². The zero-order valence-electron chi connectivity index (χ0n) is 15.2. The summed E-state index contributed by atoms with van der Waals surface area (Å²) in [7, 11) is 0. The highest BCUT2D eigenvalue weighted by Gasteiger charge is 2.03. The molecule has 3 heteroatoms. The molecule has 1 aromatic rings. The fourth-order valence-electron chi connectivity index (χ4n) is 2.04. The molecular formula is C22H28N2O. The van der Waals surface area contributed by atoms with Crippen molar-refractivity contribution >= 4 is 11.6 Å². The van der Waals surface area contributed by atoms with E-state index >= 15 is 0 Å². The number of anilines is 1. The average molecular weight is 336 g/mol. The van der Waals surface area contributed by atoms with E-state index in [0.29, 0.717) is 12.2 Å². The lowest BCUT2D eigenvalue weighted by atomic mass is 10.1. The van der Waals surface area contributed by atoms with Gasteiger partial charge in [0.25, 0.3) is 0 Å². The standard InChI is InChI=1S/C22H28N2O/c1-5-6-7-9-18(3)19(4)13-12-17(2)14-22(25)24-16-20-10-8-11-21(23)15-20/h6-13,15H,2,4-5,14,16,23H2,1,3H3,(H,24,25)/b7-6-,13-12-,18-9+. The number of allylic oxidation sites excluding steroid dienone is 7. The van der Waals surface area contributed by atoms with Crippen LogP contribution in [0.2, 0.25) is 0 Å². The molecule has 1 rings (SSSR count). The first-order valence-corrected chi connectivity index (χ1v) is 8.42. The van der Waals surface area contributed by atoms with Gasteiger partial charge >= 0.3 is 0 Å². The second-order valence-electron chi connectivity index (χ2n) is 5.90. The van der Waals surface area contributed by atoms with Gasteiger partial charge in [0.05, 0.1) is 6.42 Å². The highest BCUT2D eigenvalue weighted by atomic mass is 16.1. The van der Waals surface area contributed by atoms with Gasteiger partial charge in [0.15, 0.2) is 0 Å². The van der Waals surface area contributed by atoms with Crippen LogP contribution in [0.1, 0.15) is 32.3 Å². The van der Waals surface area contributed by atoms with E-state index in [1.54, 1.807) is 0 Å². The molecule has 3 nitrogen and oxygen atoms in total. The van der Waals surface area contributed by atoms with Gasteiger partial charge in [-0.05, 0) is 47.8 Å². The first-order chi connectivity index (χ1) is 11.9. The van der Waals surface area contributed by atoms with Gasteiger partial charge in [-0.3, -0.25) is 4.79 Å². The first-order valence-electron chi connectivity index (χ1n) is 8.42. The molecule has 1 aromatic carbocycles. The van der Waals surface area contributed by atoms with Crippen LogP contribution in [0.3, 0.4) is 0 Å². The molecule has 25 heavy (non-hydrogen) atoms. The van der Waals surface area contributed by atoms with Crippen LogP contribution in [0.5, 0.6) is 0 Å². The lowest BCUT2D eigenvalue weighted by Gasteiger charge is -2.06. The van der Waals surface area contributed by atoms with Crippen LogP contribution in [-0.2, 0) is 11.3 Å². The molecule has 0 aliphatic heterocycles. The van der Waals surface area contributed by atoms with Gasteiger partial charge < -0.3 is 11.1 Å². The first kappa shape index (κ1) is 20.2. The smallest absolute Gasteiger partial charge is 0.224 e. The highest BCUT2D eigenvalue weighted by Crippen LogP contribution is 2.11. The number of rotatable bonds is 9. The highest BCUT2D eigenvalue weighted by molar-refractivity contribution is 5.79. The van der Waals surface area contributed by atoms with E-state index < -0.39 is 0 Å². The van der Waals surface area contributed by atoms with Crippen molar-refractivity contribution in [3.8, 4) is 0 Å². The molecule has 0 fully saturated rings. The second kappa shape index (κ2) is 10.9. The van der Waals surface area contributed by atoms with Gasteiger partial charge in [0, 0.05) is 12.2 Å². The van der Waals surface area contributed by atoms with E-state index in [1.807, 2.05) is 55.5 Å². The Labute approximate surface area is 151 Å². The Balaban J connectivity index is 2.44. The third kappa shape index (κ3) is 8.56. The molecule has 3 N–H and O–H groups in total. The van der Waals surface area contributed by atoms with Crippen molar-refractivity contribution in [3.05, 3.63) is 90.1 Å². The Morgan fingerprint density at radius 1 is 1.28 bits per heavy atom. The van der Waals surface area contributed by atoms with E-state index in [9.17, 15) is 4.79 Å². The fraction of sp³-hybridized carbons (Fsp3) is 0.227. The lowest BCUT2D eigenvalue weighted by molar-refractivity contribution is -0.120. The number of amides is 1. The number of benzene rings is 1. The van der Waals surface area contributed by atoms with Crippen molar-refractivity contribution in [2.45, 2.75) is 33.2 Å². The Morgan fingerprint density at radius 2 is 2.04 bits per heavy atom. The molecule has 0 aromatic heterocycles. The van der Waals surface area contributed by atoms with Crippen LogP contribution in [0.15, 0.2) is 84.5 Å². The summed E-state index contributed by atoms with van der Waals surface area (Å²) in [4.78, 5) is 12.0. The number of carbonyl (C=O) groups excluding carboxylic acids is 1. The molecular weight excluding hydrogens is 308 g/mol. The maximum absolute atomic E-state index is 12.0. The summed E-state index contributed by atoms with van der Waals surface area (Å²) in [6.07, 6.45) is 11.1. The number of hydrogen-bond acceptors (Lipinski definition) is 2. The van der Waals surface area contributed by atoms with Gasteiger partial charge in [-0.1, -0.05) is 62.6 Å². The number of nitrogens with one attached hydrogen (secondary N) is 1. The maximum atomic E-state index is 12.0. The number of hydrogen-bond donors (Lipinski definition) is 2. The summed E-state index contributed by atoms with van der Waals surface area (Å²) in [6, 6.07) is 7.47. The van der Waals surface area contributed by atoms with Crippen molar-refractivity contribution in [2.75, 3.05) is 5.73 Å². The van der Waals surface area contributed by atoms with Crippen molar-refractivity contribution in [2.24, 2.45) is 0 Å². The molecule has 0 atom stereocenters. The normalized spacial score (nSPS) is 11.8. The monoisotopic (exact) mass is 336 g/mol. The van der Waals surface area contributed by atoms with Gasteiger partial charge in [0.2, 0.25) is 5.91 Å². The second-order valence-corrected chi connectivity index (χ2v) is 5.90. The van der Waals surface area contributed by atoms with E-state index in [0.717, 1.165) is 28.7 Å². The van der Waals surface area contributed by atoms with Crippen molar-refractivity contribution < 1.29 is 4.79 Å². The number of carbonyl (C=O) groups is 1. The SMILES string of the molecule is C=C(/C=C\C(=C)/C(C)=C/C=C\CC)CC(=O)NCc1cccc(N)c1. The van der Waals surface area contributed by atoms with Crippen LogP contribution in [0.25, 0.3) is 0 Å². The minimum atomic E-state index is -0.0687. The molecule has 0 spiro atoms. The topological polar surface area (TPSA) is 55.1 Å². The molecule has 0 aliphatic rings. The molecule has 132 valence electrons. The zero-order chi connectivity index (χ0) is 18.7. The van der Waals surface area contributed by atoms with Crippen LogP contribution in [0, 0.1) is 0 Å². The van der Waals surface area contributed by atoms with Crippen molar-refractivity contribution in [1.82, 2.24) is 5.32 Å². The molecule has 1 amide bonds. The summed E-state index contributed by atoms with van der Waals surface area (Å²) in [5.41, 5.74) is 10.1. The summed E-state index contributed by atoms with van der Waals surface area (Å²) < 4.78 is 0. The predicted octanol–water partition coefficient (Wildman–Crippen LogP) is 4.86. The average Bonchev–Trinajstić information content (AvgIpc) is 2.58. The summed E-state index contributed by atoms with van der Waals surface area (Å²) in [6.45, 7) is 12.5. The lowest BCUT2D eigenvalue weighted by Crippen LogP contribution is -2.22. The Hall–Kier alpha value is -2.81. The largest absolute Gasteiger partial charge is 0.399 e. The van der Waals surface area contributed by atoms with E-state index in [2.05, 4.69) is 31.5 Å². The number of nitrogen functional groups attached to an aromatic ring is 1. The van der Waals surface area contributed by atoms with Gasteiger partial charge in [-0.15, -0.1) is 0 Å². The van der Waals surface area contributed by atoms with Crippen LogP contribution >= 0.6 is 0 Å². The third-order valence-electron chi connectivity index (χ3n) is 3.57.